The molecule has 22 heavy (non-hydrogen) atoms. The summed E-state index contributed by atoms with van der Waals surface area (Å²) in [6.07, 6.45) is 3.51. The van der Waals surface area contributed by atoms with Gasteiger partial charge in [0, 0.05) is 38.7 Å². The van der Waals surface area contributed by atoms with Crippen LogP contribution in [0.3, 0.4) is 0 Å². The van der Waals surface area contributed by atoms with Crippen LogP contribution in [0.1, 0.15) is 16.8 Å². The van der Waals surface area contributed by atoms with Crippen LogP contribution < -0.4 is 4.90 Å². The second-order valence-electron chi connectivity index (χ2n) is 5.91. The maximum atomic E-state index is 12.9. The number of likely N-dealkylation sites (N-methyl/N-ethyl adjacent to an activating group) is 2. The molecule has 0 N–H and O–H groups in total. The third kappa shape index (κ3) is 3.25. The Kier molecular flexibility index (Phi) is 4.34. The smallest absolute Gasteiger partial charge is 0.136 e. The standard InChI is InChI=1S/C17H21FN4/c1-21-9-8-16-15(11-21)17(20-12-19-16)22(2)10-7-13-3-5-14(18)6-4-13/h3-6,12H,7-11H2,1-2H3. The van der Waals surface area contributed by atoms with Gasteiger partial charge in [0.25, 0.3) is 0 Å². The largest absolute Gasteiger partial charge is 0.359 e. The van der Waals surface area contributed by atoms with Crippen LogP contribution in [0.25, 0.3) is 0 Å². The number of rotatable bonds is 4. The van der Waals surface area contributed by atoms with E-state index >= 15 is 0 Å². The first kappa shape index (κ1) is 14.9. The Labute approximate surface area is 130 Å². The summed E-state index contributed by atoms with van der Waals surface area (Å²) in [7, 11) is 4.18. The molecule has 2 aromatic rings. The molecule has 5 heteroatoms. The molecule has 2 heterocycles. The monoisotopic (exact) mass is 300 g/mol. The van der Waals surface area contributed by atoms with Crippen molar-refractivity contribution in [3.05, 3.63) is 53.2 Å². The number of fused-ring (bicyclic) bond motifs is 1. The van der Waals surface area contributed by atoms with Crippen molar-refractivity contribution >= 4 is 5.82 Å². The molecule has 1 aromatic carbocycles. The van der Waals surface area contributed by atoms with Gasteiger partial charge in [-0.1, -0.05) is 12.1 Å². The first-order valence-corrected chi connectivity index (χ1v) is 7.60. The van der Waals surface area contributed by atoms with Crippen molar-refractivity contribution in [3.63, 3.8) is 0 Å². The Hall–Kier alpha value is -2.01. The summed E-state index contributed by atoms with van der Waals surface area (Å²) >= 11 is 0. The first-order valence-electron chi connectivity index (χ1n) is 7.60. The van der Waals surface area contributed by atoms with Gasteiger partial charge in [0.05, 0.1) is 5.69 Å². The minimum absolute atomic E-state index is 0.190. The van der Waals surface area contributed by atoms with E-state index in [0.29, 0.717) is 0 Å². The van der Waals surface area contributed by atoms with Gasteiger partial charge in [0.15, 0.2) is 0 Å². The van der Waals surface area contributed by atoms with Crippen LogP contribution in [0, 0.1) is 5.82 Å². The number of nitrogens with zero attached hydrogens (tertiary/aromatic N) is 4. The van der Waals surface area contributed by atoms with Crippen LogP contribution in [0.4, 0.5) is 10.2 Å². The third-order valence-electron chi connectivity index (χ3n) is 4.18. The molecule has 0 bridgehead atoms. The van der Waals surface area contributed by atoms with Crippen LogP contribution in [0.5, 0.6) is 0 Å². The minimum atomic E-state index is -0.190. The van der Waals surface area contributed by atoms with E-state index in [0.717, 1.165) is 49.6 Å². The molecule has 0 radical (unpaired) electrons. The number of hydrogen-bond donors (Lipinski definition) is 0. The van der Waals surface area contributed by atoms with Gasteiger partial charge in [0.2, 0.25) is 0 Å². The predicted octanol–water partition coefficient (Wildman–Crippen LogP) is 2.28. The van der Waals surface area contributed by atoms with E-state index in [1.54, 1.807) is 6.33 Å². The Morgan fingerprint density at radius 3 is 2.77 bits per heavy atom. The van der Waals surface area contributed by atoms with E-state index in [2.05, 4.69) is 33.9 Å². The van der Waals surface area contributed by atoms with Gasteiger partial charge in [0.1, 0.15) is 18.0 Å². The summed E-state index contributed by atoms with van der Waals surface area (Å²) in [5.74, 6) is 0.823. The first-order chi connectivity index (χ1) is 10.6. The molecule has 3 rings (SSSR count). The molecular formula is C17H21FN4. The molecule has 0 spiro atoms. The van der Waals surface area contributed by atoms with Crippen molar-refractivity contribution < 1.29 is 4.39 Å². The topological polar surface area (TPSA) is 32.3 Å². The van der Waals surface area contributed by atoms with E-state index in [1.807, 2.05) is 12.1 Å². The SMILES string of the molecule is CN1CCc2ncnc(N(C)CCc3ccc(F)cc3)c2C1. The zero-order chi connectivity index (χ0) is 15.5. The fourth-order valence-electron chi connectivity index (χ4n) is 2.84. The number of halogens is 1. The normalized spacial score (nSPS) is 14.7. The average molecular weight is 300 g/mol. The van der Waals surface area contributed by atoms with Crippen molar-refractivity contribution in [2.75, 3.05) is 32.1 Å². The molecule has 0 fully saturated rings. The fraction of sp³-hybridized carbons (Fsp3) is 0.412. The van der Waals surface area contributed by atoms with Crippen LogP contribution in [-0.2, 0) is 19.4 Å². The van der Waals surface area contributed by atoms with Gasteiger partial charge in [-0.05, 0) is 31.2 Å². The summed E-state index contributed by atoms with van der Waals surface area (Å²) < 4.78 is 12.9. The van der Waals surface area contributed by atoms with Crippen molar-refractivity contribution in [2.24, 2.45) is 0 Å². The molecule has 1 aliphatic heterocycles. The van der Waals surface area contributed by atoms with Crippen LogP contribution in [-0.4, -0.2) is 42.1 Å². The number of hydrogen-bond acceptors (Lipinski definition) is 4. The average Bonchev–Trinajstić information content (AvgIpc) is 2.53. The van der Waals surface area contributed by atoms with E-state index in [1.165, 1.54) is 17.7 Å². The molecule has 0 saturated carbocycles. The van der Waals surface area contributed by atoms with Crippen molar-refractivity contribution in [3.8, 4) is 0 Å². The Bertz CT molecular complexity index is 642. The molecule has 1 aromatic heterocycles. The summed E-state index contributed by atoms with van der Waals surface area (Å²) in [5.41, 5.74) is 3.53. The molecule has 1 aliphatic rings. The van der Waals surface area contributed by atoms with E-state index < -0.39 is 0 Å². The van der Waals surface area contributed by atoms with Gasteiger partial charge in [-0.2, -0.15) is 0 Å². The van der Waals surface area contributed by atoms with Gasteiger partial charge < -0.3 is 9.80 Å². The van der Waals surface area contributed by atoms with Crippen LogP contribution >= 0.6 is 0 Å². The molecule has 0 aliphatic carbocycles. The Morgan fingerprint density at radius 2 is 2.00 bits per heavy atom. The lowest BCUT2D eigenvalue weighted by atomic mass is 10.1. The highest BCUT2D eigenvalue weighted by Crippen LogP contribution is 2.24. The molecule has 0 amide bonds. The van der Waals surface area contributed by atoms with Gasteiger partial charge >= 0.3 is 0 Å². The zero-order valence-corrected chi connectivity index (χ0v) is 13.1. The van der Waals surface area contributed by atoms with Crippen LogP contribution in [0.2, 0.25) is 0 Å². The van der Waals surface area contributed by atoms with Crippen molar-refractivity contribution in [1.82, 2.24) is 14.9 Å². The quantitative estimate of drug-likeness (QED) is 0.867. The molecule has 0 saturated heterocycles. The second-order valence-corrected chi connectivity index (χ2v) is 5.91. The summed E-state index contributed by atoms with van der Waals surface area (Å²) in [5, 5.41) is 0. The summed E-state index contributed by atoms with van der Waals surface area (Å²) in [4.78, 5) is 13.4. The van der Waals surface area contributed by atoms with Gasteiger partial charge in [-0.15, -0.1) is 0 Å². The predicted molar refractivity (Wildman–Crippen MR) is 85.4 cm³/mol. The molecule has 0 atom stereocenters. The van der Waals surface area contributed by atoms with Crippen molar-refractivity contribution in [1.29, 1.82) is 0 Å². The van der Waals surface area contributed by atoms with E-state index in [9.17, 15) is 4.39 Å². The van der Waals surface area contributed by atoms with Gasteiger partial charge in [-0.3, -0.25) is 0 Å². The maximum absolute atomic E-state index is 12.9. The van der Waals surface area contributed by atoms with Crippen molar-refractivity contribution in [2.45, 2.75) is 19.4 Å². The molecule has 0 unspecified atom stereocenters. The molecular weight excluding hydrogens is 279 g/mol. The highest BCUT2D eigenvalue weighted by atomic mass is 19.1. The molecule has 4 nitrogen and oxygen atoms in total. The highest BCUT2D eigenvalue weighted by Gasteiger charge is 2.20. The molecule has 116 valence electrons. The summed E-state index contributed by atoms with van der Waals surface area (Å²) in [6, 6.07) is 6.70. The zero-order valence-electron chi connectivity index (χ0n) is 13.1. The summed E-state index contributed by atoms with van der Waals surface area (Å²) in [6.45, 7) is 2.79. The van der Waals surface area contributed by atoms with Crippen LogP contribution in [0.15, 0.2) is 30.6 Å². The lowest BCUT2D eigenvalue weighted by molar-refractivity contribution is 0.309. The maximum Gasteiger partial charge on any atom is 0.136 e. The van der Waals surface area contributed by atoms with E-state index in [4.69, 9.17) is 0 Å². The lowest BCUT2D eigenvalue weighted by Crippen LogP contribution is -2.31. The number of aromatic nitrogens is 2. The highest BCUT2D eigenvalue weighted by molar-refractivity contribution is 5.49. The number of benzene rings is 1. The third-order valence-corrected chi connectivity index (χ3v) is 4.18. The second kappa shape index (κ2) is 6.40. The van der Waals surface area contributed by atoms with E-state index in [-0.39, 0.29) is 5.82 Å². The fourth-order valence-corrected chi connectivity index (χ4v) is 2.84. The lowest BCUT2D eigenvalue weighted by Gasteiger charge is -2.28. The Balaban J connectivity index is 1.72. The Morgan fingerprint density at radius 1 is 1.23 bits per heavy atom. The van der Waals surface area contributed by atoms with Gasteiger partial charge in [-0.25, -0.2) is 14.4 Å². The number of anilines is 1. The minimum Gasteiger partial charge on any atom is -0.359 e.